The highest BCUT2D eigenvalue weighted by molar-refractivity contribution is 5.38. The Morgan fingerprint density at radius 2 is 2.00 bits per heavy atom. The average Bonchev–Trinajstić information content (AvgIpc) is 2.33. The van der Waals surface area contributed by atoms with Crippen LogP contribution in [0, 0.1) is 13.8 Å². The van der Waals surface area contributed by atoms with Gasteiger partial charge in [0.2, 0.25) is 0 Å². The van der Waals surface area contributed by atoms with E-state index in [0.29, 0.717) is 0 Å². The van der Waals surface area contributed by atoms with E-state index in [-0.39, 0.29) is 6.10 Å². The summed E-state index contributed by atoms with van der Waals surface area (Å²) in [6.07, 6.45) is 2.46. The minimum Gasteiger partial charge on any atom is -0.489 e. The number of aryl methyl sites for hydroxylation is 1. The van der Waals surface area contributed by atoms with Crippen molar-refractivity contribution in [3.8, 4) is 5.75 Å². The van der Waals surface area contributed by atoms with Crippen molar-refractivity contribution in [2.45, 2.75) is 46.6 Å². The van der Waals surface area contributed by atoms with Crippen LogP contribution in [-0.4, -0.2) is 19.2 Å². The second kappa shape index (κ2) is 7.33. The highest BCUT2D eigenvalue weighted by Gasteiger charge is 2.09. The lowest BCUT2D eigenvalue weighted by Crippen LogP contribution is -2.31. The predicted molar refractivity (Wildman–Crippen MR) is 73.8 cm³/mol. The Kier molecular flexibility index (Phi) is 6.06. The van der Waals surface area contributed by atoms with Gasteiger partial charge in [-0.15, -0.1) is 0 Å². The number of hydrogen-bond acceptors (Lipinski definition) is 2. The van der Waals surface area contributed by atoms with Crippen molar-refractivity contribution in [2.24, 2.45) is 0 Å². The lowest BCUT2D eigenvalue weighted by molar-refractivity contribution is 0.192. The van der Waals surface area contributed by atoms with Gasteiger partial charge in [0.15, 0.2) is 0 Å². The summed E-state index contributed by atoms with van der Waals surface area (Å²) in [5.41, 5.74) is 2.54. The highest BCUT2D eigenvalue weighted by Crippen LogP contribution is 2.22. The lowest BCUT2D eigenvalue weighted by Gasteiger charge is -2.20. The van der Waals surface area contributed by atoms with Gasteiger partial charge >= 0.3 is 0 Å². The molecule has 0 saturated heterocycles. The molecular weight excluding hydrogens is 210 g/mol. The molecular formula is C15H25NO. The largest absolute Gasteiger partial charge is 0.489 e. The van der Waals surface area contributed by atoms with E-state index in [1.807, 2.05) is 0 Å². The molecule has 0 aliphatic rings. The molecule has 96 valence electrons. The van der Waals surface area contributed by atoms with E-state index < -0.39 is 0 Å². The van der Waals surface area contributed by atoms with Gasteiger partial charge in [0.05, 0.1) is 0 Å². The third-order valence-electron chi connectivity index (χ3n) is 3.10. The maximum atomic E-state index is 6.06. The molecule has 0 radical (unpaired) electrons. The minimum atomic E-state index is 0.266. The van der Waals surface area contributed by atoms with Crippen LogP contribution in [0.5, 0.6) is 5.75 Å². The van der Waals surface area contributed by atoms with Crippen LogP contribution in [0.3, 0.4) is 0 Å². The molecule has 1 N–H and O–H groups in total. The van der Waals surface area contributed by atoms with E-state index in [4.69, 9.17) is 4.74 Å². The molecule has 0 spiro atoms. The number of benzene rings is 1. The first-order chi connectivity index (χ1) is 8.19. The summed E-state index contributed by atoms with van der Waals surface area (Å²) < 4.78 is 6.06. The van der Waals surface area contributed by atoms with Crippen molar-refractivity contribution in [1.29, 1.82) is 0 Å². The van der Waals surface area contributed by atoms with Gasteiger partial charge in [0.1, 0.15) is 11.9 Å². The fraction of sp³-hybridized carbons (Fsp3) is 0.600. The van der Waals surface area contributed by atoms with Crippen molar-refractivity contribution < 1.29 is 4.74 Å². The van der Waals surface area contributed by atoms with E-state index in [2.05, 4.69) is 51.2 Å². The van der Waals surface area contributed by atoms with Crippen molar-refractivity contribution in [3.05, 3.63) is 29.3 Å². The molecule has 1 rings (SSSR count). The number of ether oxygens (including phenoxy) is 1. The summed E-state index contributed by atoms with van der Waals surface area (Å²) in [6.45, 7) is 10.6. The van der Waals surface area contributed by atoms with Crippen molar-refractivity contribution in [2.75, 3.05) is 13.1 Å². The third-order valence-corrected chi connectivity index (χ3v) is 3.10. The maximum absolute atomic E-state index is 6.06. The van der Waals surface area contributed by atoms with Crippen LogP contribution >= 0.6 is 0 Å². The number of rotatable bonds is 7. The van der Waals surface area contributed by atoms with Crippen LogP contribution in [0.4, 0.5) is 0 Å². The van der Waals surface area contributed by atoms with Gasteiger partial charge in [-0.3, -0.25) is 0 Å². The number of hydrogen-bond donors (Lipinski definition) is 1. The predicted octanol–water partition coefficient (Wildman–Crippen LogP) is 3.46. The monoisotopic (exact) mass is 235 g/mol. The van der Waals surface area contributed by atoms with Crippen LogP contribution in [0.1, 0.15) is 37.8 Å². The zero-order valence-electron chi connectivity index (χ0n) is 11.5. The lowest BCUT2D eigenvalue weighted by atomic mass is 10.1. The summed E-state index contributed by atoms with van der Waals surface area (Å²) >= 11 is 0. The zero-order valence-corrected chi connectivity index (χ0v) is 11.5. The molecule has 0 aromatic heterocycles. The molecule has 1 aromatic carbocycles. The van der Waals surface area contributed by atoms with Crippen LogP contribution in [0.2, 0.25) is 0 Å². The first-order valence-corrected chi connectivity index (χ1v) is 6.62. The fourth-order valence-corrected chi connectivity index (χ4v) is 1.74. The molecule has 1 unspecified atom stereocenters. The second-order valence-electron chi connectivity index (χ2n) is 4.55. The van der Waals surface area contributed by atoms with Gasteiger partial charge in [-0.05, 0) is 50.4 Å². The molecule has 2 nitrogen and oxygen atoms in total. The molecule has 0 saturated carbocycles. The van der Waals surface area contributed by atoms with Gasteiger partial charge in [0, 0.05) is 6.54 Å². The van der Waals surface area contributed by atoms with Gasteiger partial charge in [0.25, 0.3) is 0 Å². The zero-order chi connectivity index (χ0) is 12.7. The van der Waals surface area contributed by atoms with Gasteiger partial charge in [-0.25, -0.2) is 0 Å². The van der Waals surface area contributed by atoms with Gasteiger partial charge < -0.3 is 10.1 Å². The average molecular weight is 235 g/mol. The van der Waals surface area contributed by atoms with E-state index in [1.54, 1.807) is 0 Å². The second-order valence-corrected chi connectivity index (χ2v) is 4.55. The minimum absolute atomic E-state index is 0.266. The fourth-order valence-electron chi connectivity index (χ4n) is 1.74. The topological polar surface area (TPSA) is 21.3 Å². The van der Waals surface area contributed by atoms with Crippen molar-refractivity contribution in [3.63, 3.8) is 0 Å². The standard InChI is InChI=1S/C15H25NO/c1-5-10-16-11-14(6-2)17-15-9-7-8-12(3)13(15)4/h7-9,14,16H,5-6,10-11H2,1-4H3. The van der Waals surface area contributed by atoms with E-state index >= 15 is 0 Å². The Labute approximate surface area is 105 Å². The van der Waals surface area contributed by atoms with Gasteiger partial charge in [-0.1, -0.05) is 26.0 Å². The molecule has 1 atom stereocenters. The Morgan fingerprint density at radius 1 is 1.24 bits per heavy atom. The Hall–Kier alpha value is -1.02. The Morgan fingerprint density at radius 3 is 2.65 bits per heavy atom. The Balaban J connectivity index is 2.57. The SMILES string of the molecule is CCCNCC(CC)Oc1cccc(C)c1C. The summed E-state index contributed by atoms with van der Waals surface area (Å²) in [5, 5.41) is 3.42. The van der Waals surface area contributed by atoms with Crippen LogP contribution in [0.15, 0.2) is 18.2 Å². The molecule has 1 aromatic rings. The third kappa shape index (κ3) is 4.39. The first-order valence-electron chi connectivity index (χ1n) is 6.62. The molecule has 2 heteroatoms. The highest BCUT2D eigenvalue weighted by atomic mass is 16.5. The molecule has 0 fully saturated rings. The maximum Gasteiger partial charge on any atom is 0.122 e. The van der Waals surface area contributed by atoms with Crippen molar-refractivity contribution >= 4 is 0 Å². The van der Waals surface area contributed by atoms with Gasteiger partial charge in [-0.2, -0.15) is 0 Å². The normalized spacial score (nSPS) is 12.5. The summed E-state index contributed by atoms with van der Waals surface area (Å²) in [5.74, 6) is 1.02. The van der Waals surface area contributed by atoms with Crippen LogP contribution in [0.25, 0.3) is 0 Å². The molecule has 0 aliphatic heterocycles. The number of nitrogens with one attached hydrogen (secondary N) is 1. The first kappa shape index (κ1) is 14.0. The molecule has 0 amide bonds. The molecule has 17 heavy (non-hydrogen) atoms. The van der Waals surface area contributed by atoms with Crippen LogP contribution < -0.4 is 10.1 Å². The molecule has 0 bridgehead atoms. The van der Waals surface area contributed by atoms with E-state index in [9.17, 15) is 0 Å². The summed E-state index contributed by atoms with van der Waals surface area (Å²) in [6, 6.07) is 6.24. The smallest absolute Gasteiger partial charge is 0.122 e. The quantitative estimate of drug-likeness (QED) is 0.731. The summed E-state index contributed by atoms with van der Waals surface area (Å²) in [7, 11) is 0. The van der Waals surface area contributed by atoms with Crippen molar-refractivity contribution in [1.82, 2.24) is 5.32 Å². The summed E-state index contributed by atoms with van der Waals surface area (Å²) in [4.78, 5) is 0. The van der Waals surface area contributed by atoms with E-state index in [0.717, 1.165) is 25.3 Å². The Bertz CT molecular complexity index is 336. The molecule has 0 aliphatic carbocycles. The van der Waals surface area contributed by atoms with E-state index in [1.165, 1.54) is 17.5 Å². The molecule has 0 heterocycles. The van der Waals surface area contributed by atoms with Crippen LogP contribution in [-0.2, 0) is 0 Å².